The van der Waals surface area contributed by atoms with Crippen molar-refractivity contribution in [2.45, 2.75) is 77.7 Å². The van der Waals surface area contributed by atoms with Crippen molar-refractivity contribution in [1.82, 2.24) is 45.5 Å². The fourth-order valence-corrected chi connectivity index (χ4v) is 9.23. The number of aliphatic hydroxyl groups is 1. The molecule has 0 saturated carbocycles. The number of aromatic nitrogens is 6. The summed E-state index contributed by atoms with van der Waals surface area (Å²) in [6.07, 6.45) is 3.77. The van der Waals surface area contributed by atoms with Gasteiger partial charge in [0.2, 0.25) is 11.8 Å². The van der Waals surface area contributed by atoms with Crippen molar-refractivity contribution < 1.29 is 29.0 Å². The monoisotopic (exact) mass is 899 g/mol. The summed E-state index contributed by atoms with van der Waals surface area (Å²) in [6.45, 7) is 9.08. The van der Waals surface area contributed by atoms with Crippen LogP contribution in [0.2, 0.25) is 0 Å². The molecule has 18 heteroatoms. The number of ether oxygens (including phenoxy) is 1. The highest BCUT2D eigenvalue weighted by atomic mass is 32.1. The van der Waals surface area contributed by atoms with Crippen molar-refractivity contribution >= 4 is 46.3 Å². The Kier molecular flexibility index (Phi) is 13.1. The van der Waals surface area contributed by atoms with Crippen LogP contribution in [0.25, 0.3) is 21.8 Å². The third-order valence-electron chi connectivity index (χ3n) is 12.0. The van der Waals surface area contributed by atoms with Gasteiger partial charge in [-0.3, -0.25) is 29.0 Å². The van der Waals surface area contributed by atoms with Gasteiger partial charge in [-0.2, -0.15) is 10.2 Å². The third-order valence-corrected chi connectivity index (χ3v) is 12.9. The molecule has 2 aromatic carbocycles. The Bertz CT molecular complexity index is 2650. The normalized spacial score (nSPS) is 17.1. The van der Waals surface area contributed by atoms with Crippen LogP contribution in [0.3, 0.4) is 0 Å². The summed E-state index contributed by atoms with van der Waals surface area (Å²) in [4.78, 5) is 68.8. The molecule has 65 heavy (non-hydrogen) atoms. The van der Waals surface area contributed by atoms with Gasteiger partial charge in [-0.05, 0) is 72.7 Å². The first-order valence-electron chi connectivity index (χ1n) is 21.6. The molecule has 4 amide bonds. The highest BCUT2D eigenvalue weighted by Crippen LogP contribution is 2.34. The van der Waals surface area contributed by atoms with Gasteiger partial charge in [0, 0.05) is 56.7 Å². The quantitative estimate of drug-likeness (QED) is 0.0960. The molecule has 6 aromatic rings. The molecule has 2 aliphatic heterocycles. The van der Waals surface area contributed by atoms with Crippen LogP contribution in [0.1, 0.15) is 78.3 Å². The topological polar surface area (TPSA) is 213 Å². The van der Waals surface area contributed by atoms with Crippen LogP contribution in [0.5, 0.6) is 5.75 Å². The number of hydrogen-bond acceptors (Lipinski definition) is 12. The molecule has 338 valence electrons. The fourth-order valence-electron chi connectivity index (χ4n) is 8.41. The summed E-state index contributed by atoms with van der Waals surface area (Å²) in [5, 5.41) is 31.0. The summed E-state index contributed by atoms with van der Waals surface area (Å²) in [5.74, 6) is -1.15. The van der Waals surface area contributed by atoms with Gasteiger partial charge in [0.15, 0.2) is 0 Å². The molecule has 0 radical (unpaired) electrons. The number of aromatic amines is 1. The number of rotatable bonds is 13. The van der Waals surface area contributed by atoms with Crippen molar-refractivity contribution in [3.8, 4) is 27.6 Å². The van der Waals surface area contributed by atoms with E-state index in [-0.39, 0.29) is 43.1 Å². The van der Waals surface area contributed by atoms with E-state index in [1.165, 1.54) is 4.90 Å². The molecule has 2 fully saturated rings. The van der Waals surface area contributed by atoms with Gasteiger partial charge >= 0.3 is 0 Å². The van der Waals surface area contributed by atoms with Gasteiger partial charge in [0.05, 0.1) is 52.4 Å². The molecule has 3 atom stereocenters. The molecule has 2 saturated heterocycles. The molecule has 0 aliphatic carbocycles. The molecule has 4 aromatic heterocycles. The zero-order chi connectivity index (χ0) is 45.8. The number of benzene rings is 2. The average molecular weight is 900 g/mol. The zero-order valence-corrected chi connectivity index (χ0v) is 37.8. The van der Waals surface area contributed by atoms with Gasteiger partial charge in [0.1, 0.15) is 29.2 Å². The van der Waals surface area contributed by atoms with Gasteiger partial charge in [-0.1, -0.05) is 51.1 Å². The zero-order valence-electron chi connectivity index (χ0n) is 36.9. The van der Waals surface area contributed by atoms with Crippen LogP contribution in [0.4, 0.5) is 11.4 Å². The maximum absolute atomic E-state index is 14.4. The van der Waals surface area contributed by atoms with E-state index in [4.69, 9.17) is 4.74 Å². The molecule has 0 unspecified atom stereocenters. The van der Waals surface area contributed by atoms with Crippen LogP contribution >= 0.6 is 11.3 Å². The number of anilines is 2. The number of carbonyl (C=O) groups is 4. The summed E-state index contributed by atoms with van der Waals surface area (Å²) < 4.78 is 7.42. The van der Waals surface area contributed by atoms with E-state index in [9.17, 15) is 24.3 Å². The van der Waals surface area contributed by atoms with E-state index in [2.05, 4.69) is 46.1 Å². The smallest absolute Gasteiger partial charge is 0.274 e. The first-order chi connectivity index (χ1) is 31.3. The maximum Gasteiger partial charge on any atom is 0.274 e. The van der Waals surface area contributed by atoms with E-state index in [1.807, 2.05) is 75.7 Å². The largest absolute Gasteiger partial charge is 0.494 e. The Balaban J connectivity index is 0.879. The molecule has 8 rings (SSSR count). The number of pyridine rings is 1. The van der Waals surface area contributed by atoms with E-state index in [0.717, 1.165) is 27.4 Å². The first kappa shape index (κ1) is 44.7. The minimum absolute atomic E-state index is 0.0266. The number of aryl methyl sites for hydroxylation is 1. The number of nitrogens with zero attached hydrogens (tertiary/aromatic N) is 7. The number of piperidine rings is 1. The minimum Gasteiger partial charge on any atom is -0.494 e. The number of thiazole rings is 1. The predicted molar refractivity (Wildman–Crippen MR) is 246 cm³/mol. The SMILES string of the molecule is COc1cc(N2CCC(n3nccc3C(=O)N[C@H](C(=O)N3C[C@H](O)C[C@H]3C(=O)NCc3ccc(-c4scnc4C)cc3)C(C)(C)C)CC2)ccc1NC(=O)c1cccc(-c2ccn[nH]2)n1. The predicted octanol–water partition coefficient (Wildman–Crippen LogP) is 5.63. The Morgan fingerprint density at radius 1 is 0.985 bits per heavy atom. The number of methoxy groups -OCH3 is 1. The number of likely N-dealkylation sites (tertiary alicyclic amines) is 1. The lowest BCUT2D eigenvalue weighted by molar-refractivity contribution is -0.142. The number of aliphatic hydroxyl groups excluding tert-OH is 1. The second kappa shape index (κ2) is 19.0. The number of amides is 4. The molecule has 5 N–H and O–H groups in total. The van der Waals surface area contributed by atoms with Crippen LogP contribution in [-0.2, 0) is 16.1 Å². The number of H-pyrrole nitrogens is 1. The number of β-amino-alcohol motifs (C(OH)–C–C–N with tert-alkyl or cyclic N) is 1. The van der Waals surface area contributed by atoms with Gasteiger partial charge in [-0.15, -0.1) is 11.3 Å². The second-order valence-corrected chi connectivity index (χ2v) is 18.3. The lowest BCUT2D eigenvalue weighted by atomic mass is 9.85. The summed E-state index contributed by atoms with van der Waals surface area (Å²) in [7, 11) is 1.55. The summed E-state index contributed by atoms with van der Waals surface area (Å²) >= 11 is 1.57. The lowest BCUT2D eigenvalue weighted by Crippen LogP contribution is -2.58. The lowest BCUT2D eigenvalue weighted by Gasteiger charge is -2.36. The summed E-state index contributed by atoms with van der Waals surface area (Å²) in [6, 6.07) is 20.1. The van der Waals surface area contributed by atoms with Crippen molar-refractivity contribution in [3.63, 3.8) is 0 Å². The standard InChI is InChI=1S/C47H53N11O6S/c1-28-41(65-27-49-28)30-11-9-29(10-12-30)25-48-44(61)39-24-33(59)26-57(39)46(63)42(47(2,3)4)54-45(62)38-16-20-51-58(38)31-17-21-56(22-18-31)32-13-14-36(40(23-32)64-5)53-43(60)37-8-6-7-34(52-37)35-15-19-50-55-35/h6-16,19-20,23,27,31,33,39,42,59H,17-18,21-22,24-26H2,1-5H3,(H,48,61)(H,50,55)(H,53,60)(H,54,62)/t33-,39+,42-/m1/s1. The molecule has 0 spiro atoms. The maximum atomic E-state index is 14.4. The van der Waals surface area contributed by atoms with Crippen molar-refractivity contribution in [3.05, 3.63) is 113 Å². The molecule has 6 heterocycles. The second-order valence-electron chi connectivity index (χ2n) is 17.4. The fraction of sp³-hybridized carbons (Fsp3) is 0.362. The van der Waals surface area contributed by atoms with Crippen molar-refractivity contribution in [2.24, 2.45) is 5.41 Å². The van der Waals surface area contributed by atoms with E-state index in [0.29, 0.717) is 54.4 Å². The van der Waals surface area contributed by atoms with Crippen molar-refractivity contribution in [1.29, 1.82) is 0 Å². The number of nitrogens with one attached hydrogen (secondary N) is 4. The van der Waals surface area contributed by atoms with Crippen molar-refractivity contribution in [2.75, 3.05) is 37.0 Å². The molecular weight excluding hydrogens is 847 g/mol. The third kappa shape index (κ3) is 9.93. The molecule has 0 bridgehead atoms. The Labute approximate surface area is 380 Å². The molecule has 2 aliphatic rings. The number of hydrogen-bond donors (Lipinski definition) is 5. The molecular formula is C47H53N11O6S. The highest BCUT2D eigenvalue weighted by Gasteiger charge is 2.45. The Morgan fingerprint density at radius 2 is 1.77 bits per heavy atom. The minimum atomic E-state index is -1.00. The first-order valence-corrected chi connectivity index (χ1v) is 22.5. The average Bonchev–Trinajstić information content (AvgIpc) is 4.16. The Morgan fingerprint density at radius 3 is 2.46 bits per heavy atom. The number of carbonyl (C=O) groups excluding carboxylic acids is 4. The van der Waals surface area contributed by atoms with Gasteiger partial charge in [0.25, 0.3) is 11.8 Å². The van der Waals surface area contributed by atoms with E-state index >= 15 is 0 Å². The van der Waals surface area contributed by atoms with E-state index < -0.39 is 35.4 Å². The van der Waals surface area contributed by atoms with Crippen LogP contribution < -0.4 is 25.6 Å². The molecule has 17 nitrogen and oxygen atoms in total. The van der Waals surface area contributed by atoms with Crippen LogP contribution in [0, 0.1) is 12.3 Å². The van der Waals surface area contributed by atoms with E-state index in [1.54, 1.807) is 65.9 Å². The van der Waals surface area contributed by atoms with Gasteiger partial charge in [-0.25, -0.2) is 9.97 Å². The van der Waals surface area contributed by atoms with Gasteiger partial charge < -0.3 is 35.6 Å². The Hall–Kier alpha value is -6.92. The van der Waals surface area contributed by atoms with Crippen LogP contribution in [-0.4, -0.2) is 109 Å². The highest BCUT2D eigenvalue weighted by molar-refractivity contribution is 7.13. The van der Waals surface area contributed by atoms with Crippen LogP contribution in [0.15, 0.2) is 90.7 Å². The summed E-state index contributed by atoms with van der Waals surface area (Å²) in [5.41, 5.74) is 7.26.